The summed E-state index contributed by atoms with van der Waals surface area (Å²) in [4.78, 5) is 15.5. The Hall–Kier alpha value is -4.17. The Morgan fingerprint density at radius 3 is 2.67 bits per heavy atom. The fourth-order valence-electron chi connectivity index (χ4n) is 4.77. The van der Waals surface area contributed by atoms with E-state index in [4.69, 9.17) is 28.4 Å². The summed E-state index contributed by atoms with van der Waals surface area (Å²) in [6.45, 7) is 3.94. The van der Waals surface area contributed by atoms with E-state index in [1.807, 2.05) is 43.3 Å². The van der Waals surface area contributed by atoms with Crippen LogP contribution in [0.4, 0.5) is 0 Å². The van der Waals surface area contributed by atoms with Crippen molar-refractivity contribution in [3.8, 4) is 34.5 Å². The summed E-state index contributed by atoms with van der Waals surface area (Å²) in [5.41, 5.74) is 4.14. The average molecular weight is 488 g/mol. The van der Waals surface area contributed by atoms with Crippen molar-refractivity contribution in [3.05, 3.63) is 76.0 Å². The highest BCUT2D eigenvalue weighted by Crippen LogP contribution is 2.44. The number of allylic oxidation sites excluding steroid dienone is 1. The summed E-state index contributed by atoms with van der Waals surface area (Å²) in [6, 6.07) is 13.2. The molecule has 0 spiro atoms. The molecule has 3 aromatic carbocycles. The monoisotopic (exact) mass is 487 g/mol. The van der Waals surface area contributed by atoms with E-state index in [2.05, 4.69) is 4.90 Å². The van der Waals surface area contributed by atoms with E-state index < -0.39 is 0 Å². The van der Waals surface area contributed by atoms with Gasteiger partial charge in [0.2, 0.25) is 12.6 Å². The molecule has 3 heterocycles. The molecule has 0 radical (unpaired) electrons. The van der Waals surface area contributed by atoms with Crippen molar-refractivity contribution in [2.24, 2.45) is 0 Å². The Morgan fingerprint density at radius 1 is 0.972 bits per heavy atom. The van der Waals surface area contributed by atoms with Crippen molar-refractivity contribution in [2.75, 3.05) is 27.7 Å². The van der Waals surface area contributed by atoms with Gasteiger partial charge >= 0.3 is 0 Å². The van der Waals surface area contributed by atoms with Gasteiger partial charge in [0, 0.05) is 35.8 Å². The Balaban J connectivity index is 1.26. The largest absolute Gasteiger partial charge is 0.497 e. The minimum absolute atomic E-state index is 0.165. The predicted molar refractivity (Wildman–Crippen MR) is 131 cm³/mol. The van der Waals surface area contributed by atoms with Crippen LogP contribution in [0.1, 0.15) is 32.6 Å². The molecule has 0 saturated carbocycles. The SMILES string of the molecule is COc1ccc(/C=C2\Oc3c(cc4c(c3C)OCN(Cc3ccc5c(c3)OCO5)C4)C2=O)c(OC)c1. The highest BCUT2D eigenvalue weighted by molar-refractivity contribution is 6.15. The van der Waals surface area contributed by atoms with Crippen molar-refractivity contribution in [1.82, 2.24) is 4.90 Å². The first-order chi connectivity index (χ1) is 17.5. The van der Waals surface area contributed by atoms with E-state index in [9.17, 15) is 4.79 Å². The van der Waals surface area contributed by atoms with Crippen LogP contribution in [0, 0.1) is 6.92 Å². The van der Waals surface area contributed by atoms with E-state index in [0.29, 0.717) is 42.6 Å². The summed E-state index contributed by atoms with van der Waals surface area (Å²) >= 11 is 0. The molecule has 3 aliphatic heterocycles. The van der Waals surface area contributed by atoms with Crippen LogP contribution in [0.5, 0.6) is 34.5 Å². The molecular weight excluding hydrogens is 462 g/mol. The van der Waals surface area contributed by atoms with Crippen molar-refractivity contribution in [1.29, 1.82) is 0 Å². The molecule has 0 atom stereocenters. The molecule has 36 heavy (non-hydrogen) atoms. The maximum Gasteiger partial charge on any atom is 0.231 e. The summed E-state index contributed by atoms with van der Waals surface area (Å²) in [5.74, 6) is 4.18. The number of methoxy groups -OCH3 is 2. The molecule has 3 aromatic rings. The van der Waals surface area contributed by atoms with Crippen LogP contribution in [0.2, 0.25) is 0 Å². The fraction of sp³-hybridized carbons (Fsp3) is 0.250. The topological polar surface area (TPSA) is 75.7 Å². The lowest BCUT2D eigenvalue weighted by atomic mass is 9.99. The number of nitrogens with zero attached hydrogens (tertiary/aromatic N) is 1. The standard InChI is InChI=1S/C28H25NO7/c1-16-27-19(13-29(14-33-27)12-17-4-7-22-24(8-17)35-15-34-22)9-21-26(30)25(36-28(16)21)10-18-5-6-20(31-2)11-23(18)32-3/h4-11H,12-15H2,1-3H3/b25-10-. The number of fused-ring (bicyclic) bond motifs is 3. The van der Waals surface area contributed by atoms with E-state index in [-0.39, 0.29) is 18.3 Å². The number of carbonyl (C=O) groups is 1. The van der Waals surface area contributed by atoms with Crippen molar-refractivity contribution >= 4 is 11.9 Å². The number of hydrogen-bond acceptors (Lipinski definition) is 8. The lowest BCUT2D eigenvalue weighted by Crippen LogP contribution is -2.32. The summed E-state index contributed by atoms with van der Waals surface area (Å²) in [5, 5.41) is 0. The van der Waals surface area contributed by atoms with Gasteiger partial charge in [-0.25, -0.2) is 0 Å². The molecule has 0 fully saturated rings. The zero-order chi connectivity index (χ0) is 24.8. The first kappa shape index (κ1) is 22.3. The third kappa shape index (κ3) is 3.79. The van der Waals surface area contributed by atoms with Crippen LogP contribution >= 0.6 is 0 Å². The molecule has 6 rings (SSSR count). The molecule has 3 aliphatic rings. The number of ketones is 1. The van der Waals surface area contributed by atoms with Gasteiger partial charge in [-0.1, -0.05) is 6.07 Å². The third-order valence-electron chi connectivity index (χ3n) is 6.57. The highest BCUT2D eigenvalue weighted by Gasteiger charge is 2.34. The minimum Gasteiger partial charge on any atom is -0.497 e. The molecule has 0 unspecified atom stereocenters. The lowest BCUT2D eigenvalue weighted by Gasteiger charge is -2.30. The third-order valence-corrected chi connectivity index (χ3v) is 6.57. The molecule has 0 bridgehead atoms. The van der Waals surface area contributed by atoms with Crippen molar-refractivity contribution < 1.29 is 33.2 Å². The van der Waals surface area contributed by atoms with Gasteiger partial charge in [-0.15, -0.1) is 0 Å². The molecule has 184 valence electrons. The van der Waals surface area contributed by atoms with E-state index >= 15 is 0 Å². The quantitative estimate of drug-likeness (QED) is 0.479. The van der Waals surface area contributed by atoms with Gasteiger partial charge in [0.15, 0.2) is 17.3 Å². The molecule has 0 N–H and O–H groups in total. The van der Waals surface area contributed by atoms with Crippen LogP contribution in [0.3, 0.4) is 0 Å². The number of ether oxygens (including phenoxy) is 6. The van der Waals surface area contributed by atoms with Crippen molar-refractivity contribution in [2.45, 2.75) is 20.0 Å². The van der Waals surface area contributed by atoms with Gasteiger partial charge in [0.05, 0.1) is 19.8 Å². The maximum absolute atomic E-state index is 13.3. The molecule has 0 aromatic heterocycles. The number of rotatable bonds is 5. The zero-order valence-corrected chi connectivity index (χ0v) is 20.3. The fourth-order valence-corrected chi connectivity index (χ4v) is 4.77. The Morgan fingerprint density at radius 2 is 1.83 bits per heavy atom. The Bertz CT molecular complexity index is 1410. The van der Waals surface area contributed by atoms with E-state index in [1.54, 1.807) is 26.4 Å². The minimum atomic E-state index is -0.165. The van der Waals surface area contributed by atoms with Crippen LogP contribution in [-0.2, 0) is 13.1 Å². The maximum atomic E-state index is 13.3. The Labute approximate surface area is 208 Å². The normalized spacial score (nSPS) is 16.9. The zero-order valence-electron chi connectivity index (χ0n) is 20.3. The predicted octanol–water partition coefficient (Wildman–Crippen LogP) is 4.71. The van der Waals surface area contributed by atoms with Crippen LogP contribution in [0.25, 0.3) is 6.08 Å². The lowest BCUT2D eigenvalue weighted by molar-refractivity contribution is 0.0876. The van der Waals surface area contributed by atoms with E-state index in [1.165, 1.54) is 0 Å². The van der Waals surface area contributed by atoms with Crippen LogP contribution in [0.15, 0.2) is 48.2 Å². The van der Waals surface area contributed by atoms with Gasteiger partial charge in [0.1, 0.15) is 29.7 Å². The number of carbonyl (C=O) groups excluding carboxylic acids is 1. The summed E-state index contributed by atoms with van der Waals surface area (Å²) in [6.07, 6.45) is 1.70. The van der Waals surface area contributed by atoms with Gasteiger partial charge in [-0.05, 0) is 48.9 Å². The van der Waals surface area contributed by atoms with Crippen LogP contribution < -0.4 is 28.4 Å². The highest BCUT2D eigenvalue weighted by atomic mass is 16.7. The molecule has 0 saturated heterocycles. The number of hydrogen-bond donors (Lipinski definition) is 0. The molecule has 8 heteroatoms. The number of Topliss-reactive ketones (excluding diaryl/α,β-unsaturated/α-hetero) is 1. The molecule has 0 aliphatic carbocycles. The molecule has 8 nitrogen and oxygen atoms in total. The van der Waals surface area contributed by atoms with Gasteiger partial charge in [-0.2, -0.15) is 0 Å². The molecular formula is C28H25NO7. The van der Waals surface area contributed by atoms with Gasteiger partial charge in [0.25, 0.3) is 0 Å². The average Bonchev–Trinajstić information content (AvgIpc) is 3.49. The first-order valence-electron chi connectivity index (χ1n) is 11.6. The van der Waals surface area contributed by atoms with Crippen molar-refractivity contribution in [3.63, 3.8) is 0 Å². The smallest absolute Gasteiger partial charge is 0.231 e. The van der Waals surface area contributed by atoms with E-state index in [0.717, 1.165) is 39.5 Å². The number of benzene rings is 3. The second kappa shape index (κ2) is 8.80. The second-order valence-electron chi connectivity index (χ2n) is 8.86. The Kier molecular flexibility index (Phi) is 5.45. The van der Waals surface area contributed by atoms with Crippen LogP contribution in [-0.4, -0.2) is 38.4 Å². The summed E-state index contributed by atoms with van der Waals surface area (Å²) < 4.78 is 33.8. The molecule has 0 amide bonds. The second-order valence-corrected chi connectivity index (χ2v) is 8.86. The van der Waals surface area contributed by atoms with Gasteiger partial charge in [-0.3, -0.25) is 9.69 Å². The first-order valence-corrected chi connectivity index (χ1v) is 11.6. The van der Waals surface area contributed by atoms with Gasteiger partial charge < -0.3 is 28.4 Å². The summed E-state index contributed by atoms with van der Waals surface area (Å²) in [7, 11) is 3.17.